The molecule has 106 valence electrons. The van der Waals surface area contributed by atoms with E-state index in [9.17, 15) is 0 Å². The normalized spacial score (nSPS) is 24.8. The van der Waals surface area contributed by atoms with Gasteiger partial charge in [0.25, 0.3) is 0 Å². The van der Waals surface area contributed by atoms with E-state index >= 15 is 0 Å². The first kappa shape index (κ1) is 13.8. The number of fused-ring (bicyclic) bond motifs is 1. The molecule has 3 rings (SSSR count). The summed E-state index contributed by atoms with van der Waals surface area (Å²) in [6.07, 6.45) is 4.88. The number of rotatable bonds is 2. The summed E-state index contributed by atoms with van der Waals surface area (Å²) in [5.41, 5.74) is 8.28. The zero-order valence-corrected chi connectivity index (χ0v) is 12.5. The number of hydrogen-bond donors (Lipinski definition) is 1. The van der Waals surface area contributed by atoms with Gasteiger partial charge in [-0.2, -0.15) is 0 Å². The minimum Gasteiger partial charge on any atom is -0.322 e. The molecule has 0 amide bonds. The summed E-state index contributed by atoms with van der Waals surface area (Å²) in [5, 5.41) is 1.32. The molecule has 2 N–H and O–H groups in total. The number of para-hydroxylation sites is 1. The lowest BCUT2D eigenvalue weighted by Gasteiger charge is -2.30. The minimum atomic E-state index is -0.0482. The van der Waals surface area contributed by atoms with Crippen LogP contribution in [0.15, 0.2) is 24.3 Å². The average Bonchev–Trinajstić information content (AvgIpc) is 2.46. The highest BCUT2D eigenvalue weighted by atomic mass is 35.5. The highest BCUT2D eigenvalue weighted by Crippen LogP contribution is 2.36. The Morgan fingerprint density at radius 3 is 2.60 bits per heavy atom. The number of benzene rings is 1. The lowest BCUT2D eigenvalue weighted by Crippen LogP contribution is -2.26. The van der Waals surface area contributed by atoms with Gasteiger partial charge in [0.1, 0.15) is 0 Å². The van der Waals surface area contributed by atoms with Gasteiger partial charge in [0.2, 0.25) is 5.28 Å². The Balaban J connectivity index is 1.96. The highest BCUT2D eigenvalue weighted by molar-refractivity contribution is 6.28. The van der Waals surface area contributed by atoms with Gasteiger partial charge in [-0.3, -0.25) is 0 Å². The van der Waals surface area contributed by atoms with Crippen LogP contribution in [0.3, 0.4) is 0 Å². The predicted molar refractivity (Wildman–Crippen MR) is 82.6 cm³/mol. The summed E-state index contributed by atoms with van der Waals surface area (Å²) in [5.74, 6) is 1.32. The van der Waals surface area contributed by atoms with Crippen LogP contribution in [0.1, 0.15) is 44.3 Å². The first-order valence-electron chi connectivity index (χ1n) is 7.33. The van der Waals surface area contributed by atoms with Crippen molar-refractivity contribution in [1.82, 2.24) is 9.97 Å². The minimum absolute atomic E-state index is 0.0482. The standard InChI is InChI=1S/C16H20ClN3/c1-10-6-8-11(9-7-10)14(18)15-12-4-2-3-5-13(12)19-16(17)20-15/h2-5,10-11,14H,6-9,18H2,1H3. The quantitative estimate of drug-likeness (QED) is 0.847. The van der Waals surface area contributed by atoms with E-state index in [-0.39, 0.29) is 6.04 Å². The van der Waals surface area contributed by atoms with Crippen molar-refractivity contribution < 1.29 is 0 Å². The Labute approximate surface area is 124 Å². The molecule has 1 saturated carbocycles. The molecule has 1 aliphatic carbocycles. The van der Waals surface area contributed by atoms with Crippen LogP contribution in [-0.4, -0.2) is 9.97 Å². The molecule has 0 aliphatic heterocycles. The van der Waals surface area contributed by atoms with Crippen molar-refractivity contribution in [3.05, 3.63) is 35.2 Å². The summed E-state index contributed by atoms with van der Waals surface area (Å²) in [6, 6.07) is 7.91. The van der Waals surface area contributed by atoms with Crippen molar-refractivity contribution in [3.8, 4) is 0 Å². The second-order valence-corrected chi connectivity index (χ2v) is 6.28. The van der Waals surface area contributed by atoms with E-state index in [1.54, 1.807) is 0 Å². The third-order valence-electron chi connectivity index (χ3n) is 4.49. The van der Waals surface area contributed by atoms with Crippen molar-refractivity contribution in [2.24, 2.45) is 17.6 Å². The van der Waals surface area contributed by atoms with Gasteiger partial charge >= 0.3 is 0 Å². The maximum absolute atomic E-state index is 6.50. The molecule has 0 radical (unpaired) electrons. The van der Waals surface area contributed by atoms with Crippen LogP contribution in [0.5, 0.6) is 0 Å². The smallest absolute Gasteiger partial charge is 0.223 e. The van der Waals surface area contributed by atoms with Crippen LogP contribution in [0.25, 0.3) is 10.9 Å². The Hall–Kier alpha value is -1.19. The number of nitrogens with zero attached hydrogens (tertiary/aromatic N) is 2. The Bertz CT molecular complexity index is 606. The largest absolute Gasteiger partial charge is 0.322 e. The molecule has 1 atom stereocenters. The molecule has 2 aromatic rings. The van der Waals surface area contributed by atoms with E-state index in [0.29, 0.717) is 11.2 Å². The maximum Gasteiger partial charge on any atom is 0.223 e. The zero-order valence-electron chi connectivity index (χ0n) is 11.7. The second kappa shape index (κ2) is 5.66. The number of hydrogen-bond acceptors (Lipinski definition) is 3. The van der Waals surface area contributed by atoms with Gasteiger partial charge in [-0.1, -0.05) is 38.0 Å². The zero-order chi connectivity index (χ0) is 14.1. The molecule has 1 aromatic heterocycles. The molecule has 1 unspecified atom stereocenters. The molecule has 0 spiro atoms. The first-order chi connectivity index (χ1) is 9.65. The lowest BCUT2D eigenvalue weighted by molar-refractivity contribution is 0.254. The van der Waals surface area contributed by atoms with E-state index in [4.69, 9.17) is 17.3 Å². The van der Waals surface area contributed by atoms with E-state index < -0.39 is 0 Å². The Morgan fingerprint density at radius 1 is 1.15 bits per heavy atom. The van der Waals surface area contributed by atoms with E-state index in [2.05, 4.69) is 16.9 Å². The van der Waals surface area contributed by atoms with Crippen molar-refractivity contribution in [1.29, 1.82) is 0 Å². The number of halogens is 1. The van der Waals surface area contributed by atoms with Gasteiger partial charge in [0.15, 0.2) is 0 Å². The van der Waals surface area contributed by atoms with Crippen LogP contribution in [0, 0.1) is 11.8 Å². The van der Waals surface area contributed by atoms with Gasteiger partial charge in [-0.15, -0.1) is 0 Å². The summed E-state index contributed by atoms with van der Waals surface area (Å²) < 4.78 is 0. The van der Waals surface area contributed by atoms with Crippen LogP contribution < -0.4 is 5.73 Å². The summed E-state index contributed by atoms with van der Waals surface area (Å²) in [4.78, 5) is 8.70. The SMILES string of the molecule is CC1CCC(C(N)c2nc(Cl)nc3ccccc23)CC1. The fourth-order valence-electron chi connectivity index (χ4n) is 3.19. The molecular weight excluding hydrogens is 270 g/mol. The third-order valence-corrected chi connectivity index (χ3v) is 4.66. The first-order valence-corrected chi connectivity index (χ1v) is 7.70. The Kier molecular flexibility index (Phi) is 3.90. The molecule has 1 aromatic carbocycles. The molecule has 3 nitrogen and oxygen atoms in total. The monoisotopic (exact) mass is 289 g/mol. The molecular formula is C16H20ClN3. The average molecular weight is 290 g/mol. The molecule has 1 heterocycles. The van der Waals surface area contributed by atoms with Crippen LogP contribution in [0.2, 0.25) is 5.28 Å². The molecule has 0 saturated heterocycles. The predicted octanol–water partition coefficient (Wildman–Crippen LogP) is 4.11. The molecule has 1 aliphatic rings. The van der Waals surface area contributed by atoms with Crippen molar-refractivity contribution in [3.63, 3.8) is 0 Å². The van der Waals surface area contributed by atoms with Gasteiger partial charge < -0.3 is 5.73 Å². The maximum atomic E-state index is 6.50. The van der Waals surface area contributed by atoms with Crippen LogP contribution >= 0.6 is 11.6 Å². The summed E-state index contributed by atoms with van der Waals surface area (Å²) in [6.45, 7) is 2.32. The van der Waals surface area contributed by atoms with Gasteiger partial charge in [-0.05, 0) is 42.3 Å². The van der Waals surface area contributed by atoms with Crippen molar-refractivity contribution in [2.75, 3.05) is 0 Å². The van der Waals surface area contributed by atoms with Crippen molar-refractivity contribution >= 4 is 22.5 Å². The van der Waals surface area contributed by atoms with Crippen molar-refractivity contribution in [2.45, 2.75) is 38.6 Å². The second-order valence-electron chi connectivity index (χ2n) is 5.94. The van der Waals surface area contributed by atoms with E-state index in [0.717, 1.165) is 22.5 Å². The Morgan fingerprint density at radius 2 is 1.85 bits per heavy atom. The van der Waals surface area contributed by atoms with Gasteiger partial charge in [0.05, 0.1) is 17.3 Å². The molecule has 4 heteroatoms. The molecule has 20 heavy (non-hydrogen) atoms. The van der Waals surface area contributed by atoms with E-state index in [1.165, 1.54) is 25.7 Å². The fourth-order valence-corrected chi connectivity index (χ4v) is 3.38. The fraction of sp³-hybridized carbons (Fsp3) is 0.500. The topological polar surface area (TPSA) is 51.8 Å². The van der Waals surface area contributed by atoms with E-state index in [1.807, 2.05) is 24.3 Å². The third kappa shape index (κ3) is 2.65. The van der Waals surface area contributed by atoms with Gasteiger partial charge in [-0.25, -0.2) is 9.97 Å². The number of nitrogens with two attached hydrogens (primary N) is 1. The van der Waals surface area contributed by atoms with Crippen LogP contribution in [-0.2, 0) is 0 Å². The summed E-state index contributed by atoms with van der Waals surface area (Å²) in [7, 11) is 0. The molecule has 1 fully saturated rings. The van der Waals surface area contributed by atoms with Crippen LogP contribution in [0.4, 0.5) is 0 Å². The molecule has 0 bridgehead atoms. The lowest BCUT2D eigenvalue weighted by atomic mass is 9.78. The number of aromatic nitrogens is 2. The highest BCUT2D eigenvalue weighted by Gasteiger charge is 2.27. The summed E-state index contributed by atoms with van der Waals surface area (Å²) >= 11 is 6.05. The van der Waals surface area contributed by atoms with Gasteiger partial charge in [0, 0.05) is 5.39 Å².